The van der Waals surface area contributed by atoms with Crippen LogP contribution in [0.4, 0.5) is 0 Å². The van der Waals surface area contributed by atoms with Gasteiger partial charge in [-0.1, -0.05) is 29.8 Å². The molecule has 17 heavy (non-hydrogen) atoms. The van der Waals surface area contributed by atoms with Gasteiger partial charge in [0.1, 0.15) is 11.8 Å². The Balaban J connectivity index is 2.62. The quantitative estimate of drug-likeness (QED) is 0.557. The predicted molar refractivity (Wildman–Crippen MR) is 69.0 cm³/mol. The number of nitrogens with zero attached hydrogens (tertiary/aromatic N) is 2. The van der Waals surface area contributed by atoms with E-state index < -0.39 is 0 Å². The minimum absolute atomic E-state index is 0.440. The summed E-state index contributed by atoms with van der Waals surface area (Å²) in [5.74, 6) is 0. The Kier molecular flexibility index (Phi) is 2.21. The summed E-state index contributed by atoms with van der Waals surface area (Å²) >= 11 is 6.01. The standard InChI is InChI=1S/C14H7ClN2/c15-9-5-6-11-12(7-9)10-3-1-2-4-13(10)17-14(11)8-16/h1-7H. The van der Waals surface area contributed by atoms with Gasteiger partial charge in [-0.15, -0.1) is 0 Å². The number of halogens is 1. The van der Waals surface area contributed by atoms with Crippen LogP contribution in [0, 0.1) is 11.3 Å². The first-order valence-corrected chi connectivity index (χ1v) is 5.55. The van der Waals surface area contributed by atoms with Crippen molar-refractivity contribution in [1.29, 1.82) is 5.26 Å². The van der Waals surface area contributed by atoms with Crippen LogP contribution in [0.5, 0.6) is 0 Å². The molecule has 0 saturated heterocycles. The Labute approximate surface area is 103 Å². The van der Waals surface area contributed by atoms with Gasteiger partial charge in [0.05, 0.1) is 5.52 Å². The number of fused-ring (bicyclic) bond motifs is 3. The predicted octanol–water partition coefficient (Wildman–Crippen LogP) is 3.91. The zero-order chi connectivity index (χ0) is 11.8. The molecule has 0 radical (unpaired) electrons. The molecule has 3 rings (SSSR count). The van der Waals surface area contributed by atoms with Gasteiger partial charge in [-0.25, -0.2) is 4.98 Å². The van der Waals surface area contributed by atoms with Crippen molar-refractivity contribution in [3.63, 3.8) is 0 Å². The molecule has 0 spiro atoms. The molecule has 0 amide bonds. The van der Waals surface area contributed by atoms with Crippen molar-refractivity contribution < 1.29 is 0 Å². The highest BCUT2D eigenvalue weighted by Gasteiger charge is 2.07. The van der Waals surface area contributed by atoms with Gasteiger partial charge in [-0.05, 0) is 29.7 Å². The summed E-state index contributed by atoms with van der Waals surface area (Å²) < 4.78 is 0. The molecule has 0 aliphatic rings. The lowest BCUT2D eigenvalue weighted by Gasteiger charge is -2.05. The van der Waals surface area contributed by atoms with Gasteiger partial charge in [0.25, 0.3) is 0 Å². The molecule has 2 aromatic carbocycles. The number of nitriles is 1. The summed E-state index contributed by atoms with van der Waals surface area (Å²) in [5, 5.41) is 12.6. The monoisotopic (exact) mass is 238 g/mol. The van der Waals surface area contributed by atoms with Crippen molar-refractivity contribution in [1.82, 2.24) is 4.98 Å². The Hall–Kier alpha value is -2.11. The molecule has 2 nitrogen and oxygen atoms in total. The molecule has 1 heterocycles. The van der Waals surface area contributed by atoms with Crippen molar-refractivity contribution in [2.24, 2.45) is 0 Å². The molecular formula is C14H7ClN2. The number of hydrogen-bond acceptors (Lipinski definition) is 2. The van der Waals surface area contributed by atoms with Gasteiger partial charge >= 0.3 is 0 Å². The molecule has 0 unspecified atom stereocenters. The van der Waals surface area contributed by atoms with Crippen molar-refractivity contribution in [3.05, 3.63) is 53.2 Å². The van der Waals surface area contributed by atoms with Gasteiger partial charge in [-0.3, -0.25) is 0 Å². The van der Waals surface area contributed by atoms with Crippen LogP contribution in [-0.4, -0.2) is 4.98 Å². The molecule has 0 aliphatic carbocycles. The van der Waals surface area contributed by atoms with E-state index in [1.54, 1.807) is 6.07 Å². The fourth-order valence-corrected chi connectivity index (χ4v) is 2.18. The Morgan fingerprint density at radius 1 is 1.00 bits per heavy atom. The second kappa shape index (κ2) is 3.73. The van der Waals surface area contributed by atoms with E-state index in [1.165, 1.54) is 0 Å². The zero-order valence-corrected chi connectivity index (χ0v) is 9.57. The Morgan fingerprint density at radius 3 is 2.65 bits per heavy atom. The number of hydrogen-bond donors (Lipinski definition) is 0. The van der Waals surface area contributed by atoms with Crippen LogP contribution in [-0.2, 0) is 0 Å². The van der Waals surface area contributed by atoms with E-state index in [0.29, 0.717) is 10.7 Å². The first-order chi connectivity index (χ1) is 8.29. The molecule has 0 bridgehead atoms. The number of pyridine rings is 1. The van der Waals surface area contributed by atoms with E-state index in [1.807, 2.05) is 36.4 Å². The van der Waals surface area contributed by atoms with Gasteiger partial charge in [-0.2, -0.15) is 5.26 Å². The molecule has 0 N–H and O–H groups in total. The highest BCUT2D eigenvalue weighted by atomic mass is 35.5. The molecule has 0 aliphatic heterocycles. The SMILES string of the molecule is N#Cc1nc2ccccc2c2cc(Cl)ccc12. The summed E-state index contributed by atoms with van der Waals surface area (Å²) in [7, 11) is 0. The normalized spacial score (nSPS) is 10.6. The number of benzene rings is 2. The summed E-state index contributed by atoms with van der Waals surface area (Å²) in [6, 6.07) is 15.4. The number of rotatable bonds is 0. The average Bonchev–Trinajstić information content (AvgIpc) is 2.37. The number of para-hydroxylation sites is 1. The molecule has 1 aromatic heterocycles. The highest BCUT2D eigenvalue weighted by molar-refractivity contribution is 6.31. The van der Waals surface area contributed by atoms with E-state index in [0.717, 1.165) is 21.7 Å². The van der Waals surface area contributed by atoms with Gasteiger partial charge in [0, 0.05) is 15.8 Å². The summed E-state index contributed by atoms with van der Waals surface area (Å²) in [5.41, 5.74) is 1.26. The van der Waals surface area contributed by atoms with E-state index in [2.05, 4.69) is 11.1 Å². The Morgan fingerprint density at radius 2 is 1.82 bits per heavy atom. The molecule has 0 saturated carbocycles. The smallest absolute Gasteiger partial charge is 0.149 e. The van der Waals surface area contributed by atoms with Crippen LogP contribution in [0.2, 0.25) is 5.02 Å². The maximum Gasteiger partial charge on any atom is 0.149 e. The molecule has 0 fully saturated rings. The van der Waals surface area contributed by atoms with E-state index in [9.17, 15) is 0 Å². The van der Waals surface area contributed by atoms with Crippen LogP contribution in [0.3, 0.4) is 0 Å². The first kappa shape index (κ1) is 10.1. The van der Waals surface area contributed by atoms with Gasteiger partial charge in [0.15, 0.2) is 0 Å². The van der Waals surface area contributed by atoms with Crippen LogP contribution >= 0.6 is 11.6 Å². The second-order valence-electron chi connectivity index (χ2n) is 3.78. The van der Waals surface area contributed by atoms with E-state index >= 15 is 0 Å². The average molecular weight is 239 g/mol. The summed E-state index contributed by atoms with van der Waals surface area (Å²) in [6.45, 7) is 0. The van der Waals surface area contributed by atoms with Crippen molar-refractivity contribution >= 4 is 33.3 Å². The lowest BCUT2D eigenvalue weighted by atomic mass is 10.0. The minimum Gasteiger partial charge on any atom is -0.236 e. The number of aromatic nitrogens is 1. The Bertz CT molecular complexity index is 772. The fourth-order valence-electron chi connectivity index (χ4n) is 2.01. The van der Waals surface area contributed by atoms with E-state index in [-0.39, 0.29) is 0 Å². The second-order valence-corrected chi connectivity index (χ2v) is 4.22. The van der Waals surface area contributed by atoms with Crippen LogP contribution in [0.1, 0.15) is 5.69 Å². The highest BCUT2D eigenvalue weighted by Crippen LogP contribution is 2.28. The van der Waals surface area contributed by atoms with E-state index in [4.69, 9.17) is 16.9 Å². The zero-order valence-electron chi connectivity index (χ0n) is 8.81. The van der Waals surface area contributed by atoms with Crippen LogP contribution in [0.15, 0.2) is 42.5 Å². The van der Waals surface area contributed by atoms with Gasteiger partial charge in [0.2, 0.25) is 0 Å². The summed E-state index contributed by atoms with van der Waals surface area (Å²) in [6.07, 6.45) is 0. The van der Waals surface area contributed by atoms with Crippen molar-refractivity contribution in [2.45, 2.75) is 0 Å². The topological polar surface area (TPSA) is 36.7 Å². The lowest BCUT2D eigenvalue weighted by Crippen LogP contribution is -1.88. The molecule has 3 aromatic rings. The maximum absolute atomic E-state index is 9.12. The lowest BCUT2D eigenvalue weighted by molar-refractivity contribution is 1.35. The molecular weight excluding hydrogens is 232 g/mol. The third kappa shape index (κ3) is 1.52. The first-order valence-electron chi connectivity index (χ1n) is 5.18. The molecule has 3 heteroatoms. The maximum atomic E-state index is 9.12. The largest absolute Gasteiger partial charge is 0.236 e. The molecule has 0 atom stereocenters. The van der Waals surface area contributed by atoms with Crippen molar-refractivity contribution in [3.8, 4) is 6.07 Å². The minimum atomic E-state index is 0.440. The third-order valence-corrected chi connectivity index (χ3v) is 3.00. The molecule has 80 valence electrons. The third-order valence-electron chi connectivity index (χ3n) is 2.77. The summed E-state index contributed by atoms with van der Waals surface area (Å²) in [4.78, 5) is 4.35. The fraction of sp³-hybridized carbons (Fsp3) is 0. The van der Waals surface area contributed by atoms with Gasteiger partial charge < -0.3 is 0 Å². The van der Waals surface area contributed by atoms with Crippen molar-refractivity contribution in [2.75, 3.05) is 0 Å². The van der Waals surface area contributed by atoms with Crippen LogP contribution < -0.4 is 0 Å². The van der Waals surface area contributed by atoms with Crippen LogP contribution in [0.25, 0.3) is 21.7 Å².